The number of carboxylic acid groups (broad SMARTS) is 1. The molecule has 0 aliphatic heterocycles. The van der Waals surface area contributed by atoms with Crippen LogP contribution in [0.2, 0.25) is 0 Å². The molecule has 0 bridgehead atoms. The molecule has 16 heavy (non-hydrogen) atoms. The third-order valence-corrected chi connectivity index (χ3v) is 2.20. The van der Waals surface area contributed by atoms with Crippen molar-refractivity contribution < 1.29 is 20.1 Å². The number of carbonyl (C=O) groups is 1. The van der Waals surface area contributed by atoms with Gasteiger partial charge in [0.2, 0.25) is 5.43 Å². The van der Waals surface area contributed by atoms with Crippen LogP contribution >= 0.6 is 0 Å². The lowest BCUT2D eigenvalue weighted by Crippen LogP contribution is -2.11. The summed E-state index contributed by atoms with van der Waals surface area (Å²) >= 11 is 0. The predicted molar refractivity (Wildman–Crippen MR) is 54.9 cm³/mol. The highest BCUT2D eigenvalue weighted by atomic mass is 16.4. The number of pyridine rings is 1. The molecule has 1 aromatic heterocycles. The van der Waals surface area contributed by atoms with Crippen LogP contribution in [-0.2, 0) is 0 Å². The van der Waals surface area contributed by atoms with Gasteiger partial charge in [-0.15, -0.1) is 0 Å². The molecule has 1 aromatic carbocycles. The van der Waals surface area contributed by atoms with Gasteiger partial charge in [-0.25, -0.2) is 4.79 Å². The first-order valence-corrected chi connectivity index (χ1v) is 4.32. The fourth-order valence-corrected chi connectivity index (χ4v) is 1.44. The van der Waals surface area contributed by atoms with Gasteiger partial charge in [-0.1, -0.05) is 6.07 Å². The van der Waals surface area contributed by atoms with Crippen LogP contribution in [-0.4, -0.2) is 26.3 Å². The van der Waals surface area contributed by atoms with Crippen LogP contribution in [0.3, 0.4) is 0 Å². The fraction of sp³-hybridized carbons (Fsp3) is 0. The van der Waals surface area contributed by atoms with Crippen molar-refractivity contribution in [1.82, 2.24) is 4.98 Å². The molecule has 0 unspecified atom stereocenters. The van der Waals surface area contributed by atoms with E-state index in [9.17, 15) is 19.8 Å². The number of H-pyrrole nitrogens is 1. The van der Waals surface area contributed by atoms with Gasteiger partial charge in [0.1, 0.15) is 5.75 Å². The maximum Gasteiger partial charge on any atom is 0.356 e. The van der Waals surface area contributed by atoms with E-state index in [4.69, 9.17) is 5.11 Å². The maximum atomic E-state index is 11.6. The molecule has 1 heterocycles. The second-order valence-electron chi connectivity index (χ2n) is 3.18. The Morgan fingerprint density at radius 1 is 1.25 bits per heavy atom. The molecule has 0 fully saturated rings. The van der Waals surface area contributed by atoms with E-state index in [2.05, 4.69) is 4.98 Å². The molecule has 0 amide bonds. The highest BCUT2D eigenvalue weighted by Crippen LogP contribution is 2.23. The molecule has 0 saturated heterocycles. The number of hydrogen-bond donors (Lipinski definition) is 4. The van der Waals surface area contributed by atoms with Gasteiger partial charge in [0.25, 0.3) is 0 Å². The minimum Gasteiger partial charge on any atom is -0.506 e. The van der Waals surface area contributed by atoms with Crippen molar-refractivity contribution in [2.45, 2.75) is 0 Å². The lowest BCUT2D eigenvalue weighted by Gasteiger charge is -2.04. The van der Waals surface area contributed by atoms with E-state index in [1.54, 1.807) is 0 Å². The van der Waals surface area contributed by atoms with E-state index in [1.807, 2.05) is 0 Å². The van der Waals surface area contributed by atoms with E-state index in [-0.39, 0.29) is 16.7 Å². The minimum absolute atomic E-state index is 0.0114. The van der Waals surface area contributed by atoms with Gasteiger partial charge >= 0.3 is 5.97 Å². The standard InChI is InChI=1S/C10H7NO5/c12-5-3-1-2-4-6(5)11-7(10(15)16)9(14)8(4)13/h1-3,12,14H,(H,11,13)(H,15,16). The number of fused-ring (bicyclic) bond motifs is 1. The molecule has 0 spiro atoms. The first kappa shape index (κ1) is 10.0. The van der Waals surface area contributed by atoms with Crippen LogP contribution < -0.4 is 5.43 Å². The lowest BCUT2D eigenvalue weighted by atomic mass is 10.1. The summed E-state index contributed by atoms with van der Waals surface area (Å²) in [6, 6.07) is 4.10. The second kappa shape index (κ2) is 3.27. The summed E-state index contributed by atoms with van der Waals surface area (Å²) in [6.07, 6.45) is 0. The Hall–Kier alpha value is -2.50. The third-order valence-electron chi connectivity index (χ3n) is 2.20. The molecule has 0 aliphatic rings. The van der Waals surface area contributed by atoms with Crippen molar-refractivity contribution >= 4 is 16.9 Å². The zero-order chi connectivity index (χ0) is 11.9. The van der Waals surface area contributed by atoms with Crippen LogP contribution in [0.4, 0.5) is 0 Å². The van der Waals surface area contributed by atoms with Crippen molar-refractivity contribution in [3.05, 3.63) is 34.1 Å². The number of carboxylic acids is 1. The molecule has 6 heteroatoms. The van der Waals surface area contributed by atoms with Crippen molar-refractivity contribution in [2.75, 3.05) is 0 Å². The van der Waals surface area contributed by atoms with E-state index in [0.717, 1.165) is 0 Å². The molecule has 0 aliphatic carbocycles. The molecule has 82 valence electrons. The molecular weight excluding hydrogens is 214 g/mol. The number of phenolic OH excluding ortho intramolecular Hbond substituents is 1. The fourth-order valence-electron chi connectivity index (χ4n) is 1.44. The number of benzene rings is 1. The Kier molecular flexibility index (Phi) is 2.05. The molecule has 0 radical (unpaired) electrons. The van der Waals surface area contributed by atoms with Gasteiger partial charge in [-0.3, -0.25) is 4.79 Å². The van der Waals surface area contributed by atoms with Crippen LogP contribution in [0.25, 0.3) is 10.9 Å². The van der Waals surface area contributed by atoms with Crippen molar-refractivity contribution in [1.29, 1.82) is 0 Å². The number of aromatic carboxylic acids is 1. The third kappa shape index (κ3) is 1.28. The van der Waals surface area contributed by atoms with E-state index >= 15 is 0 Å². The lowest BCUT2D eigenvalue weighted by molar-refractivity contribution is 0.0687. The number of aromatic amines is 1. The van der Waals surface area contributed by atoms with Gasteiger partial charge in [-0.2, -0.15) is 0 Å². The normalized spacial score (nSPS) is 10.5. The van der Waals surface area contributed by atoms with E-state index < -0.39 is 22.8 Å². The Morgan fingerprint density at radius 3 is 2.56 bits per heavy atom. The maximum absolute atomic E-state index is 11.6. The van der Waals surface area contributed by atoms with Crippen LogP contribution in [0, 0.1) is 0 Å². The molecule has 4 N–H and O–H groups in total. The number of phenols is 1. The van der Waals surface area contributed by atoms with Crippen LogP contribution in [0.5, 0.6) is 11.5 Å². The van der Waals surface area contributed by atoms with Gasteiger partial charge in [-0.05, 0) is 12.1 Å². The molecule has 0 saturated carbocycles. The highest BCUT2D eigenvalue weighted by molar-refractivity contribution is 5.94. The quantitative estimate of drug-likeness (QED) is 0.564. The second-order valence-corrected chi connectivity index (χ2v) is 3.18. The number of aromatic hydroxyl groups is 2. The SMILES string of the molecule is O=C(O)c1[nH]c2c(O)cccc2c(=O)c1O. The van der Waals surface area contributed by atoms with Crippen LogP contribution in [0.15, 0.2) is 23.0 Å². The number of nitrogens with one attached hydrogen (secondary N) is 1. The van der Waals surface area contributed by atoms with E-state index in [1.165, 1.54) is 18.2 Å². The summed E-state index contributed by atoms with van der Waals surface area (Å²) < 4.78 is 0. The Balaban J connectivity index is 3.01. The Labute approximate surface area is 88.4 Å². The topological polar surface area (TPSA) is 111 Å². The summed E-state index contributed by atoms with van der Waals surface area (Å²) in [5.41, 5.74) is -1.48. The molecule has 2 aromatic rings. The number of rotatable bonds is 1. The number of aromatic nitrogens is 1. The average Bonchev–Trinajstić information content (AvgIpc) is 2.23. The highest BCUT2D eigenvalue weighted by Gasteiger charge is 2.17. The molecule has 0 atom stereocenters. The van der Waals surface area contributed by atoms with Gasteiger partial charge < -0.3 is 20.3 Å². The zero-order valence-electron chi connectivity index (χ0n) is 7.89. The van der Waals surface area contributed by atoms with Gasteiger partial charge in [0, 0.05) is 0 Å². The largest absolute Gasteiger partial charge is 0.506 e. The average molecular weight is 221 g/mol. The van der Waals surface area contributed by atoms with Gasteiger partial charge in [0.05, 0.1) is 10.9 Å². The smallest absolute Gasteiger partial charge is 0.356 e. The van der Waals surface area contributed by atoms with Crippen LogP contribution in [0.1, 0.15) is 10.5 Å². The first-order valence-electron chi connectivity index (χ1n) is 4.32. The minimum atomic E-state index is -1.47. The Bertz CT molecular complexity index is 643. The Morgan fingerprint density at radius 2 is 1.94 bits per heavy atom. The van der Waals surface area contributed by atoms with Crippen molar-refractivity contribution in [2.24, 2.45) is 0 Å². The van der Waals surface area contributed by atoms with Crippen molar-refractivity contribution in [3.63, 3.8) is 0 Å². The summed E-state index contributed by atoms with van der Waals surface area (Å²) in [6.45, 7) is 0. The van der Waals surface area contributed by atoms with E-state index in [0.29, 0.717) is 0 Å². The molecule has 2 rings (SSSR count). The monoisotopic (exact) mass is 221 g/mol. The van der Waals surface area contributed by atoms with Gasteiger partial charge in [0.15, 0.2) is 11.4 Å². The number of hydrogen-bond acceptors (Lipinski definition) is 4. The summed E-state index contributed by atoms with van der Waals surface area (Å²) in [5.74, 6) is -2.59. The predicted octanol–water partition coefficient (Wildman–Crippen LogP) is 0.637. The molecule has 6 nitrogen and oxygen atoms in total. The number of para-hydroxylation sites is 1. The molecular formula is C10H7NO5. The summed E-state index contributed by atoms with van der Waals surface area (Å²) in [4.78, 5) is 24.6. The first-order chi connectivity index (χ1) is 7.52. The summed E-state index contributed by atoms with van der Waals surface area (Å²) in [7, 11) is 0. The van der Waals surface area contributed by atoms with Crippen molar-refractivity contribution in [3.8, 4) is 11.5 Å². The summed E-state index contributed by atoms with van der Waals surface area (Å²) in [5, 5.41) is 27.6. The zero-order valence-corrected chi connectivity index (χ0v) is 7.89.